The van der Waals surface area contributed by atoms with Crippen LogP contribution < -0.4 is 9.64 Å². The number of carbonyl (C=O) groups is 2. The van der Waals surface area contributed by atoms with E-state index in [-0.39, 0.29) is 24.3 Å². The second kappa shape index (κ2) is 8.09. The van der Waals surface area contributed by atoms with Gasteiger partial charge in [0.15, 0.2) is 0 Å². The molecule has 0 aliphatic carbocycles. The highest BCUT2D eigenvalue weighted by molar-refractivity contribution is 6.45. The Kier molecular flexibility index (Phi) is 5.36. The minimum Gasteiger partial charge on any atom is -0.497 e. The van der Waals surface area contributed by atoms with Gasteiger partial charge >= 0.3 is 0 Å². The standard InChI is InChI=1S/C23H24N2O4/c1-29-19-11-5-10-18(13-19)25-22(27)20(17-8-3-2-4-9-17)21(23(25)28)24-12-6-7-16(14-24)15-26/h2-5,8-11,13,16,26H,6-7,12,14-15H2,1H3. The Labute approximate surface area is 170 Å². The van der Waals surface area contributed by atoms with E-state index in [0.717, 1.165) is 18.4 Å². The molecule has 2 aromatic carbocycles. The molecule has 0 bridgehead atoms. The fourth-order valence-corrected chi connectivity index (χ4v) is 4.08. The minimum atomic E-state index is -0.337. The van der Waals surface area contributed by atoms with Crippen molar-refractivity contribution < 1.29 is 19.4 Å². The summed E-state index contributed by atoms with van der Waals surface area (Å²) in [6.45, 7) is 1.33. The number of nitrogens with zero attached hydrogens (tertiary/aromatic N) is 2. The van der Waals surface area contributed by atoms with Crippen LogP contribution in [-0.2, 0) is 9.59 Å². The molecule has 150 valence electrons. The quantitative estimate of drug-likeness (QED) is 0.793. The molecule has 2 aliphatic rings. The van der Waals surface area contributed by atoms with Gasteiger partial charge in [0, 0.05) is 25.8 Å². The van der Waals surface area contributed by atoms with Crippen LogP contribution in [0.3, 0.4) is 0 Å². The lowest BCUT2D eigenvalue weighted by Crippen LogP contribution is -2.40. The van der Waals surface area contributed by atoms with Gasteiger partial charge in [-0.1, -0.05) is 36.4 Å². The van der Waals surface area contributed by atoms with Crippen molar-refractivity contribution >= 4 is 23.1 Å². The summed E-state index contributed by atoms with van der Waals surface area (Å²) in [5.74, 6) is 0.00874. The van der Waals surface area contributed by atoms with Crippen molar-refractivity contribution in [1.82, 2.24) is 4.90 Å². The largest absolute Gasteiger partial charge is 0.497 e. The zero-order valence-corrected chi connectivity index (χ0v) is 16.4. The fourth-order valence-electron chi connectivity index (χ4n) is 4.08. The molecule has 1 atom stereocenters. The summed E-state index contributed by atoms with van der Waals surface area (Å²) in [5.41, 5.74) is 2.04. The minimum absolute atomic E-state index is 0.0756. The first-order chi connectivity index (χ1) is 14.1. The van der Waals surface area contributed by atoms with Gasteiger partial charge in [-0.15, -0.1) is 0 Å². The van der Waals surface area contributed by atoms with E-state index in [1.54, 1.807) is 31.4 Å². The van der Waals surface area contributed by atoms with Gasteiger partial charge in [-0.3, -0.25) is 9.59 Å². The van der Waals surface area contributed by atoms with Gasteiger partial charge in [0.2, 0.25) is 0 Å². The van der Waals surface area contributed by atoms with Crippen molar-refractivity contribution in [2.75, 3.05) is 31.7 Å². The molecule has 4 rings (SSSR count). The lowest BCUT2D eigenvalue weighted by Gasteiger charge is -2.34. The van der Waals surface area contributed by atoms with Crippen molar-refractivity contribution in [3.05, 3.63) is 65.9 Å². The zero-order valence-electron chi connectivity index (χ0n) is 16.4. The van der Waals surface area contributed by atoms with E-state index in [2.05, 4.69) is 0 Å². The number of likely N-dealkylation sites (tertiary alicyclic amines) is 1. The second-order valence-corrected chi connectivity index (χ2v) is 7.37. The molecule has 6 heteroatoms. The van der Waals surface area contributed by atoms with Crippen LogP contribution in [0.25, 0.3) is 5.57 Å². The zero-order chi connectivity index (χ0) is 20.4. The molecule has 6 nitrogen and oxygen atoms in total. The summed E-state index contributed by atoms with van der Waals surface area (Å²) in [5, 5.41) is 9.62. The van der Waals surface area contributed by atoms with Crippen LogP contribution in [0.1, 0.15) is 18.4 Å². The van der Waals surface area contributed by atoms with Gasteiger partial charge in [-0.05, 0) is 36.5 Å². The van der Waals surface area contributed by atoms with Gasteiger partial charge in [-0.25, -0.2) is 4.90 Å². The number of amides is 2. The average molecular weight is 392 g/mol. The number of carbonyl (C=O) groups excluding carboxylic acids is 2. The van der Waals surface area contributed by atoms with E-state index in [1.807, 2.05) is 35.2 Å². The van der Waals surface area contributed by atoms with Crippen molar-refractivity contribution in [1.29, 1.82) is 0 Å². The Bertz CT molecular complexity index is 954. The number of methoxy groups -OCH3 is 1. The lowest BCUT2D eigenvalue weighted by molar-refractivity contribution is -0.120. The number of piperidine rings is 1. The SMILES string of the molecule is COc1cccc(N2C(=O)C(c3ccccc3)=C(N3CCCC(CO)C3)C2=O)c1. The van der Waals surface area contributed by atoms with Gasteiger partial charge in [0.25, 0.3) is 11.8 Å². The molecule has 2 heterocycles. The molecule has 0 radical (unpaired) electrons. The first kappa shape index (κ1) is 19.2. The highest BCUT2D eigenvalue weighted by Crippen LogP contribution is 2.37. The predicted molar refractivity (Wildman–Crippen MR) is 110 cm³/mol. The Morgan fingerprint density at radius 1 is 1.07 bits per heavy atom. The average Bonchev–Trinajstić information content (AvgIpc) is 3.04. The summed E-state index contributed by atoms with van der Waals surface area (Å²) in [6.07, 6.45) is 1.79. The van der Waals surface area contributed by atoms with Crippen molar-refractivity contribution in [2.45, 2.75) is 12.8 Å². The van der Waals surface area contributed by atoms with Crippen LogP contribution in [0.5, 0.6) is 5.75 Å². The highest BCUT2D eigenvalue weighted by atomic mass is 16.5. The van der Waals surface area contributed by atoms with E-state index in [0.29, 0.717) is 35.8 Å². The second-order valence-electron chi connectivity index (χ2n) is 7.37. The smallest absolute Gasteiger partial charge is 0.282 e. The number of anilines is 1. The molecule has 29 heavy (non-hydrogen) atoms. The molecule has 2 aliphatic heterocycles. The van der Waals surface area contributed by atoms with Crippen LogP contribution in [0.15, 0.2) is 60.3 Å². The number of aliphatic hydroxyl groups is 1. The van der Waals surface area contributed by atoms with Gasteiger partial charge in [-0.2, -0.15) is 0 Å². The molecule has 1 fully saturated rings. The summed E-state index contributed by atoms with van der Waals surface area (Å²) in [6, 6.07) is 16.3. The van der Waals surface area contributed by atoms with Crippen molar-refractivity contribution in [2.24, 2.45) is 5.92 Å². The molecule has 0 saturated carbocycles. The van der Waals surface area contributed by atoms with Crippen LogP contribution >= 0.6 is 0 Å². The van der Waals surface area contributed by atoms with Gasteiger partial charge < -0.3 is 14.7 Å². The molecule has 2 aromatic rings. The molecular formula is C23H24N2O4. The predicted octanol–water partition coefficient (Wildman–Crippen LogP) is 2.68. The molecule has 1 saturated heterocycles. The maximum atomic E-state index is 13.5. The van der Waals surface area contributed by atoms with Crippen molar-refractivity contribution in [3.8, 4) is 5.75 Å². The monoisotopic (exact) mass is 392 g/mol. The van der Waals surface area contributed by atoms with E-state index < -0.39 is 0 Å². The Morgan fingerprint density at radius 2 is 1.86 bits per heavy atom. The van der Waals surface area contributed by atoms with Gasteiger partial charge in [0.1, 0.15) is 11.4 Å². The highest BCUT2D eigenvalue weighted by Gasteiger charge is 2.43. The lowest BCUT2D eigenvalue weighted by atomic mass is 9.97. The summed E-state index contributed by atoms with van der Waals surface area (Å²) >= 11 is 0. The number of ether oxygens (including phenoxy) is 1. The number of hydrogen-bond acceptors (Lipinski definition) is 5. The summed E-state index contributed by atoms with van der Waals surface area (Å²) in [7, 11) is 1.55. The van der Waals surface area contributed by atoms with Gasteiger partial charge in [0.05, 0.1) is 18.4 Å². The number of rotatable bonds is 5. The number of imide groups is 1. The Morgan fingerprint density at radius 3 is 2.59 bits per heavy atom. The fraction of sp³-hybridized carbons (Fsp3) is 0.304. The molecule has 1 N–H and O–H groups in total. The first-order valence-corrected chi connectivity index (χ1v) is 9.82. The number of hydrogen-bond donors (Lipinski definition) is 1. The van der Waals surface area contributed by atoms with Crippen molar-refractivity contribution in [3.63, 3.8) is 0 Å². The molecule has 1 unspecified atom stereocenters. The van der Waals surface area contributed by atoms with Crippen LogP contribution in [-0.4, -0.2) is 48.6 Å². The van der Waals surface area contributed by atoms with Crippen LogP contribution in [0.4, 0.5) is 5.69 Å². The number of aliphatic hydroxyl groups excluding tert-OH is 1. The third-order valence-corrected chi connectivity index (χ3v) is 5.53. The summed E-state index contributed by atoms with van der Waals surface area (Å²) < 4.78 is 5.27. The van der Waals surface area contributed by atoms with E-state index in [4.69, 9.17) is 4.74 Å². The Balaban J connectivity index is 1.80. The third-order valence-electron chi connectivity index (χ3n) is 5.53. The maximum Gasteiger partial charge on any atom is 0.282 e. The van der Waals surface area contributed by atoms with E-state index in [9.17, 15) is 14.7 Å². The van der Waals surface area contributed by atoms with E-state index >= 15 is 0 Å². The topological polar surface area (TPSA) is 70.1 Å². The molecule has 0 aromatic heterocycles. The Hall–Kier alpha value is -3.12. The molecular weight excluding hydrogens is 368 g/mol. The number of benzene rings is 2. The molecule has 0 spiro atoms. The summed E-state index contributed by atoms with van der Waals surface area (Å²) in [4.78, 5) is 30.1. The maximum absolute atomic E-state index is 13.5. The third kappa shape index (κ3) is 3.51. The van der Waals surface area contributed by atoms with E-state index in [1.165, 1.54) is 4.90 Å². The molecule has 2 amide bonds. The van der Waals surface area contributed by atoms with Crippen LogP contribution in [0.2, 0.25) is 0 Å². The normalized spacial score (nSPS) is 19.9. The first-order valence-electron chi connectivity index (χ1n) is 9.82. The van der Waals surface area contributed by atoms with Crippen LogP contribution in [0, 0.1) is 5.92 Å².